The first-order chi connectivity index (χ1) is 9.26. The molecule has 0 bridgehead atoms. The number of piperidine rings is 1. The molecule has 0 atom stereocenters. The fraction of sp³-hybridized carbons (Fsp3) is 0.500. The number of fused-ring (bicyclic) bond motifs is 1. The Morgan fingerprint density at radius 2 is 1.90 bits per heavy atom. The third-order valence-corrected chi connectivity index (χ3v) is 5.30. The van der Waals surface area contributed by atoms with Gasteiger partial charge in [0.25, 0.3) is 0 Å². The third kappa shape index (κ3) is 2.34. The minimum Gasteiger partial charge on any atom is -0.361 e. The lowest BCUT2D eigenvalue weighted by Crippen LogP contribution is -2.26. The lowest BCUT2D eigenvalue weighted by molar-refractivity contribution is 0.462. The van der Waals surface area contributed by atoms with Crippen LogP contribution in [0.15, 0.2) is 24.4 Å². The molecule has 20 heavy (non-hydrogen) atoms. The van der Waals surface area contributed by atoms with Crippen molar-refractivity contribution in [3.63, 3.8) is 0 Å². The Hall–Kier alpha value is -0.700. The van der Waals surface area contributed by atoms with Gasteiger partial charge in [-0.1, -0.05) is 6.07 Å². The largest absolute Gasteiger partial charge is 0.361 e. The van der Waals surface area contributed by atoms with E-state index in [4.69, 9.17) is 11.6 Å². The van der Waals surface area contributed by atoms with Gasteiger partial charge in [0.15, 0.2) is 0 Å². The van der Waals surface area contributed by atoms with Gasteiger partial charge in [-0.25, -0.2) is 0 Å². The first-order valence-corrected chi connectivity index (χ1v) is 7.65. The van der Waals surface area contributed by atoms with Crippen LogP contribution in [0, 0.1) is 0 Å². The van der Waals surface area contributed by atoms with Crippen LogP contribution in [0.25, 0.3) is 10.9 Å². The van der Waals surface area contributed by atoms with Gasteiger partial charge in [-0.2, -0.15) is 0 Å². The Labute approximate surface area is 130 Å². The molecule has 2 nitrogen and oxygen atoms in total. The van der Waals surface area contributed by atoms with E-state index in [9.17, 15) is 0 Å². The summed E-state index contributed by atoms with van der Waals surface area (Å²) in [4.78, 5) is 3.36. The average Bonchev–Trinajstić information content (AvgIpc) is 3.07. The van der Waals surface area contributed by atoms with Crippen molar-refractivity contribution in [3.05, 3.63) is 35.5 Å². The summed E-state index contributed by atoms with van der Waals surface area (Å²) in [5.74, 6) is 0.690. The molecule has 108 valence electrons. The van der Waals surface area contributed by atoms with Crippen LogP contribution < -0.4 is 5.32 Å². The normalized spacial score (nSPS) is 21.6. The second kappa shape index (κ2) is 5.25. The van der Waals surface area contributed by atoms with E-state index in [0.29, 0.717) is 5.92 Å². The fourth-order valence-corrected chi connectivity index (χ4v) is 3.50. The van der Waals surface area contributed by atoms with Gasteiger partial charge in [0.1, 0.15) is 0 Å². The molecular formula is C16H20Cl2N2. The smallest absolute Gasteiger partial charge is 0.0696 e. The number of halogens is 2. The topological polar surface area (TPSA) is 27.8 Å². The van der Waals surface area contributed by atoms with Crippen LogP contribution in [0.1, 0.15) is 42.7 Å². The first kappa shape index (κ1) is 14.2. The molecule has 1 aromatic carbocycles. The molecule has 1 saturated heterocycles. The van der Waals surface area contributed by atoms with Gasteiger partial charge in [-0.15, -0.1) is 24.0 Å². The molecule has 2 fully saturated rings. The molecule has 2 heterocycles. The average molecular weight is 311 g/mol. The number of hydrogen-bond acceptors (Lipinski definition) is 1. The molecule has 0 radical (unpaired) electrons. The molecule has 4 rings (SSSR count). The number of benzene rings is 1. The predicted molar refractivity (Wildman–Crippen MR) is 87.2 cm³/mol. The Bertz CT molecular complexity index is 610. The number of aromatic nitrogens is 1. The SMILES string of the molecule is Cl.ClC1(c2ccc3[nH]cc(C4CCNCC4)c3c2)CC1. The summed E-state index contributed by atoms with van der Waals surface area (Å²) in [5.41, 5.74) is 4.04. The maximum absolute atomic E-state index is 6.55. The monoisotopic (exact) mass is 310 g/mol. The Morgan fingerprint density at radius 1 is 1.15 bits per heavy atom. The van der Waals surface area contributed by atoms with Crippen molar-refractivity contribution < 1.29 is 0 Å². The van der Waals surface area contributed by atoms with E-state index in [-0.39, 0.29) is 17.3 Å². The summed E-state index contributed by atoms with van der Waals surface area (Å²) in [5, 5.41) is 4.82. The van der Waals surface area contributed by atoms with Crippen LogP contribution in [0.5, 0.6) is 0 Å². The Kier molecular flexibility index (Phi) is 3.74. The summed E-state index contributed by atoms with van der Waals surface area (Å²) >= 11 is 6.55. The highest BCUT2D eigenvalue weighted by Crippen LogP contribution is 2.52. The number of hydrogen-bond donors (Lipinski definition) is 2. The zero-order valence-corrected chi connectivity index (χ0v) is 13.0. The van der Waals surface area contributed by atoms with Gasteiger partial charge in [0.05, 0.1) is 4.87 Å². The van der Waals surface area contributed by atoms with E-state index >= 15 is 0 Å². The quantitative estimate of drug-likeness (QED) is 0.796. The Balaban J connectivity index is 0.00000121. The first-order valence-electron chi connectivity index (χ1n) is 7.27. The van der Waals surface area contributed by atoms with E-state index < -0.39 is 0 Å². The van der Waals surface area contributed by atoms with E-state index in [1.807, 2.05) is 0 Å². The van der Waals surface area contributed by atoms with Gasteiger partial charge >= 0.3 is 0 Å². The van der Waals surface area contributed by atoms with Crippen LogP contribution in [0.2, 0.25) is 0 Å². The molecule has 1 aliphatic heterocycles. The van der Waals surface area contributed by atoms with Crippen molar-refractivity contribution >= 4 is 34.9 Å². The molecule has 1 saturated carbocycles. The summed E-state index contributed by atoms with van der Waals surface area (Å²) < 4.78 is 0. The Morgan fingerprint density at radius 3 is 2.60 bits per heavy atom. The number of nitrogens with one attached hydrogen (secondary N) is 2. The summed E-state index contributed by atoms with van der Waals surface area (Å²) in [6.07, 6.45) is 6.92. The molecule has 0 amide bonds. The molecule has 1 aliphatic carbocycles. The van der Waals surface area contributed by atoms with E-state index in [2.05, 4.69) is 34.7 Å². The van der Waals surface area contributed by atoms with Crippen molar-refractivity contribution in [1.82, 2.24) is 10.3 Å². The highest BCUT2D eigenvalue weighted by Gasteiger charge is 2.42. The van der Waals surface area contributed by atoms with Crippen molar-refractivity contribution in [3.8, 4) is 0 Å². The van der Waals surface area contributed by atoms with Crippen molar-refractivity contribution in [2.45, 2.75) is 36.5 Å². The molecule has 2 aromatic rings. The number of aromatic amines is 1. The van der Waals surface area contributed by atoms with Gasteiger partial charge in [-0.3, -0.25) is 0 Å². The van der Waals surface area contributed by atoms with Crippen LogP contribution in [0.4, 0.5) is 0 Å². The standard InChI is InChI=1S/C16H19ClN2.ClH/c17-16(5-6-16)12-1-2-15-13(9-12)14(10-19-15)11-3-7-18-8-4-11;/h1-2,9-11,18-19H,3-8H2;1H. The van der Waals surface area contributed by atoms with Gasteiger partial charge in [0, 0.05) is 17.1 Å². The molecule has 2 N–H and O–H groups in total. The summed E-state index contributed by atoms with van der Waals surface area (Å²) in [7, 11) is 0. The van der Waals surface area contributed by atoms with Crippen LogP contribution >= 0.6 is 24.0 Å². The van der Waals surface area contributed by atoms with Crippen molar-refractivity contribution in [2.24, 2.45) is 0 Å². The zero-order valence-electron chi connectivity index (χ0n) is 11.4. The highest BCUT2D eigenvalue weighted by atomic mass is 35.5. The predicted octanol–water partition coefficient (Wildman–Crippen LogP) is 4.28. The summed E-state index contributed by atoms with van der Waals surface area (Å²) in [6, 6.07) is 6.70. The van der Waals surface area contributed by atoms with E-state index in [1.54, 1.807) is 0 Å². The van der Waals surface area contributed by atoms with Crippen LogP contribution in [-0.2, 0) is 4.87 Å². The third-order valence-electron chi connectivity index (χ3n) is 4.70. The van der Waals surface area contributed by atoms with Crippen molar-refractivity contribution in [1.29, 1.82) is 0 Å². The minimum absolute atomic E-state index is 0. The highest BCUT2D eigenvalue weighted by molar-refractivity contribution is 6.26. The molecule has 4 heteroatoms. The molecule has 2 aliphatic rings. The van der Waals surface area contributed by atoms with E-state index in [1.165, 1.54) is 34.9 Å². The summed E-state index contributed by atoms with van der Waals surface area (Å²) in [6.45, 7) is 2.27. The maximum atomic E-state index is 6.55. The molecule has 0 unspecified atom stereocenters. The lowest BCUT2D eigenvalue weighted by Gasteiger charge is -2.22. The number of rotatable bonds is 2. The molecule has 0 spiro atoms. The van der Waals surface area contributed by atoms with E-state index in [0.717, 1.165) is 25.9 Å². The molecule has 1 aromatic heterocycles. The zero-order chi connectivity index (χ0) is 12.9. The van der Waals surface area contributed by atoms with Crippen LogP contribution in [0.3, 0.4) is 0 Å². The second-order valence-corrected chi connectivity index (χ2v) is 6.72. The minimum atomic E-state index is -0.0587. The number of H-pyrrole nitrogens is 1. The second-order valence-electron chi connectivity index (χ2n) is 5.99. The fourth-order valence-electron chi connectivity index (χ4n) is 3.29. The van der Waals surface area contributed by atoms with Gasteiger partial charge < -0.3 is 10.3 Å². The number of alkyl halides is 1. The van der Waals surface area contributed by atoms with Crippen molar-refractivity contribution in [2.75, 3.05) is 13.1 Å². The van der Waals surface area contributed by atoms with Crippen LogP contribution in [-0.4, -0.2) is 18.1 Å². The van der Waals surface area contributed by atoms with Gasteiger partial charge in [-0.05, 0) is 68.0 Å². The lowest BCUT2D eigenvalue weighted by atomic mass is 9.89. The van der Waals surface area contributed by atoms with Gasteiger partial charge in [0.2, 0.25) is 0 Å². The maximum Gasteiger partial charge on any atom is 0.0696 e. The molecular weight excluding hydrogens is 291 g/mol.